The van der Waals surface area contributed by atoms with Crippen molar-refractivity contribution in [2.45, 2.75) is 107 Å². The first-order valence-corrected chi connectivity index (χ1v) is 20.8. The van der Waals surface area contributed by atoms with E-state index in [2.05, 4.69) is 45.9 Å². The number of likely N-dealkylation sites (tertiary alicyclic amines) is 1. The molecule has 2 heterocycles. The van der Waals surface area contributed by atoms with Gasteiger partial charge >= 0.3 is 6.09 Å². The van der Waals surface area contributed by atoms with Crippen LogP contribution in [0.2, 0.25) is 0 Å². The van der Waals surface area contributed by atoms with E-state index in [4.69, 9.17) is 19.2 Å². The zero-order valence-electron chi connectivity index (χ0n) is 33.1. The van der Waals surface area contributed by atoms with Crippen LogP contribution in [0.1, 0.15) is 84.8 Å². The number of methoxy groups -OCH3 is 1. The van der Waals surface area contributed by atoms with Gasteiger partial charge in [0.25, 0.3) is 5.91 Å². The molecule has 1 aromatic heterocycles. The fourth-order valence-corrected chi connectivity index (χ4v) is 8.73. The van der Waals surface area contributed by atoms with Crippen molar-refractivity contribution in [3.05, 3.63) is 60.8 Å². The Morgan fingerprint density at radius 2 is 1.89 bits per heavy atom. The molecule has 4 aliphatic rings. The van der Waals surface area contributed by atoms with E-state index in [9.17, 15) is 27.6 Å². The first-order valence-electron chi connectivity index (χ1n) is 19.3. The lowest BCUT2D eigenvalue weighted by molar-refractivity contribution is -0.139. The highest BCUT2D eigenvalue weighted by Crippen LogP contribution is 2.48. The number of carbonyl (C=O) groups excluding carboxylic acids is 4. The molecular formula is C42H51N5O9S. The summed E-state index contributed by atoms with van der Waals surface area (Å²) in [5.74, 6) is 4.18. The zero-order chi connectivity index (χ0) is 41.2. The number of fused-ring (bicyclic) bond motifs is 1. The Kier molecular flexibility index (Phi) is 11.8. The first kappa shape index (κ1) is 41.3. The fourth-order valence-electron chi connectivity index (χ4n) is 7.19. The van der Waals surface area contributed by atoms with Crippen molar-refractivity contribution >= 4 is 50.3 Å². The SMILES string of the molecule is C=C[C@@H]1C[C@]1(NC(=O)[C@@H]1C[C@@H](Oc2cc(C3=CCCC=C3)nc3cc(OC)ccc23)CN1C(=O)CNC(=O)OC(C)(C)C)C(=O)NS(=O)(=O)C1(CC#CCC)CC1. The number of nitrogens with one attached hydrogen (secondary N) is 3. The molecule has 0 bridgehead atoms. The molecular weight excluding hydrogens is 751 g/mol. The molecule has 3 fully saturated rings. The van der Waals surface area contributed by atoms with Crippen LogP contribution >= 0.6 is 0 Å². The topological polar surface area (TPSA) is 182 Å². The number of pyridine rings is 1. The Balaban J connectivity index is 1.26. The molecule has 4 amide bonds. The number of hydrogen-bond donors (Lipinski definition) is 3. The number of aromatic nitrogens is 1. The van der Waals surface area contributed by atoms with Crippen molar-refractivity contribution in [2.75, 3.05) is 20.2 Å². The highest BCUT2D eigenvalue weighted by molar-refractivity contribution is 7.91. The summed E-state index contributed by atoms with van der Waals surface area (Å²) in [6.07, 6.45) is 9.51. The van der Waals surface area contributed by atoms with Gasteiger partial charge in [0.2, 0.25) is 21.8 Å². The summed E-state index contributed by atoms with van der Waals surface area (Å²) in [6, 6.07) is 6.12. The molecule has 2 saturated carbocycles. The van der Waals surface area contributed by atoms with Crippen LogP contribution in [-0.4, -0.2) is 90.3 Å². The summed E-state index contributed by atoms with van der Waals surface area (Å²) in [6.45, 7) is 10.2. The third-order valence-electron chi connectivity index (χ3n) is 10.6. The summed E-state index contributed by atoms with van der Waals surface area (Å²) in [5, 5.41) is 5.96. The van der Waals surface area contributed by atoms with Gasteiger partial charge in [-0.3, -0.25) is 19.1 Å². The molecule has 1 aromatic carbocycles. The number of sulfonamides is 1. The number of rotatable bonds is 13. The number of amides is 4. The largest absolute Gasteiger partial charge is 0.497 e. The lowest BCUT2D eigenvalue weighted by Crippen LogP contribution is -2.57. The molecule has 0 spiro atoms. The summed E-state index contributed by atoms with van der Waals surface area (Å²) in [5.41, 5.74) is -0.173. The quantitative estimate of drug-likeness (QED) is 0.190. The van der Waals surface area contributed by atoms with E-state index in [1.807, 2.05) is 31.2 Å². The van der Waals surface area contributed by atoms with Crippen LogP contribution in [0.3, 0.4) is 0 Å². The van der Waals surface area contributed by atoms with Crippen LogP contribution in [0.5, 0.6) is 11.5 Å². The van der Waals surface area contributed by atoms with E-state index in [0.29, 0.717) is 47.4 Å². The van der Waals surface area contributed by atoms with Crippen LogP contribution in [-0.2, 0) is 29.1 Å². The predicted molar refractivity (Wildman–Crippen MR) is 214 cm³/mol. The van der Waals surface area contributed by atoms with Gasteiger partial charge in [0.1, 0.15) is 46.1 Å². The van der Waals surface area contributed by atoms with Gasteiger partial charge in [-0.05, 0) is 70.6 Å². The van der Waals surface area contributed by atoms with Gasteiger partial charge in [-0.2, -0.15) is 0 Å². The Morgan fingerprint density at radius 1 is 1.12 bits per heavy atom. The molecule has 2 aromatic rings. The maximum atomic E-state index is 14.3. The van der Waals surface area contributed by atoms with Crippen molar-refractivity contribution in [3.8, 4) is 23.3 Å². The third kappa shape index (κ3) is 9.12. The van der Waals surface area contributed by atoms with E-state index in [1.165, 1.54) is 11.0 Å². The normalized spacial score (nSPS) is 23.3. The van der Waals surface area contributed by atoms with Gasteiger partial charge in [-0.25, -0.2) is 18.2 Å². The number of carbonyl (C=O) groups is 4. The van der Waals surface area contributed by atoms with Crippen LogP contribution in [0.4, 0.5) is 4.79 Å². The van der Waals surface area contributed by atoms with E-state index in [-0.39, 0.29) is 25.8 Å². The minimum atomic E-state index is -4.13. The Labute approximate surface area is 333 Å². The van der Waals surface area contributed by atoms with Gasteiger partial charge in [-0.1, -0.05) is 31.2 Å². The molecule has 6 rings (SSSR count). The third-order valence-corrected chi connectivity index (χ3v) is 12.7. The Hall–Kier alpha value is -5.36. The fraction of sp³-hybridized carbons (Fsp3) is 0.500. The van der Waals surface area contributed by atoms with Gasteiger partial charge in [0, 0.05) is 42.7 Å². The highest BCUT2D eigenvalue weighted by Gasteiger charge is 2.63. The second-order valence-corrected chi connectivity index (χ2v) is 18.0. The molecule has 0 unspecified atom stereocenters. The summed E-state index contributed by atoms with van der Waals surface area (Å²) < 4.78 is 45.4. The Morgan fingerprint density at radius 3 is 2.53 bits per heavy atom. The van der Waals surface area contributed by atoms with Gasteiger partial charge in [-0.15, -0.1) is 18.4 Å². The number of benzene rings is 1. The van der Waals surface area contributed by atoms with Crippen molar-refractivity contribution in [3.63, 3.8) is 0 Å². The summed E-state index contributed by atoms with van der Waals surface area (Å²) in [7, 11) is -2.56. The lowest BCUT2D eigenvalue weighted by Gasteiger charge is -2.27. The standard InChI is InChI=1S/C42H51N5O9S/c1-7-9-13-18-41(19-20-41)57(52,53)46-38(50)42(24-28(42)8-2)45-37(49)34-22-30(26-47(34)36(48)25-43-39(51)56-40(3,4)5)55-35-23-32(27-14-11-10-12-15-27)44-33-21-29(54-6)16-17-31(33)35/h8,11,14-17,21,23,28,30,34H,2,7,10,12,18-20,22,24-26H2,1,3-6H3,(H,43,51)(H,45,49)(H,46,50)/t28-,30-,34+,42-/m1/s1. The van der Waals surface area contributed by atoms with Crippen molar-refractivity contribution < 1.29 is 41.8 Å². The van der Waals surface area contributed by atoms with Crippen LogP contribution < -0.4 is 24.8 Å². The molecule has 57 heavy (non-hydrogen) atoms. The van der Waals surface area contributed by atoms with Gasteiger partial charge in [0.15, 0.2) is 0 Å². The van der Waals surface area contributed by atoms with Crippen molar-refractivity contribution in [1.82, 2.24) is 25.2 Å². The first-order chi connectivity index (χ1) is 27.0. The molecule has 3 N–H and O–H groups in total. The van der Waals surface area contributed by atoms with Crippen LogP contribution in [0.25, 0.3) is 16.5 Å². The lowest BCUT2D eigenvalue weighted by atomic mass is 10.0. The van der Waals surface area contributed by atoms with E-state index >= 15 is 0 Å². The maximum Gasteiger partial charge on any atom is 0.408 e. The molecule has 1 aliphatic heterocycles. The molecule has 3 aliphatic carbocycles. The number of allylic oxidation sites excluding steroid dienone is 4. The maximum absolute atomic E-state index is 14.3. The molecule has 1 saturated heterocycles. The number of alkyl carbamates (subject to hydrolysis) is 1. The predicted octanol–water partition coefficient (Wildman–Crippen LogP) is 4.69. The molecule has 304 valence electrons. The molecule has 0 radical (unpaired) electrons. The summed E-state index contributed by atoms with van der Waals surface area (Å²) >= 11 is 0. The van der Waals surface area contributed by atoms with E-state index in [0.717, 1.165) is 18.4 Å². The molecule has 4 atom stereocenters. The second-order valence-electron chi connectivity index (χ2n) is 15.9. The molecule has 15 heteroatoms. The zero-order valence-corrected chi connectivity index (χ0v) is 33.9. The van der Waals surface area contributed by atoms with E-state index in [1.54, 1.807) is 33.9 Å². The smallest absolute Gasteiger partial charge is 0.408 e. The second kappa shape index (κ2) is 16.2. The van der Waals surface area contributed by atoms with Gasteiger partial charge < -0.3 is 29.7 Å². The van der Waals surface area contributed by atoms with Crippen molar-refractivity contribution in [1.29, 1.82) is 0 Å². The number of ether oxygens (including phenoxy) is 3. The van der Waals surface area contributed by atoms with Crippen LogP contribution in [0, 0.1) is 17.8 Å². The van der Waals surface area contributed by atoms with Crippen LogP contribution in [0.15, 0.2) is 55.1 Å². The number of nitrogens with zero attached hydrogens (tertiary/aromatic N) is 2. The van der Waals surface area contributed by atoms with E-state index < -0.39 is 74.3 Å². The monoisotopic (exact) mass is 801 g/mol. The number of hydrogen-bond acceptors (Lipinski definition) is 10. The average Bonchev–Trinajstić information content (AvgIpc) is 4.08. The minimum absolute atomic E-state index is 0.0237. The highest BCUT2D eigenvalue weighted by atomic mass is 32.2. The summed E-state index contributed by atoms with van der Waals surface area (Å²) in [4.78, 5) is 60.6. The molecule has 14 nitrogen and oxygen atoms in total. The minimum Gasteiger partial charge on any atom is -0.497 e. The average molecular weight is 802 g/mol. The van der Waals surface area contributed by atoms with Gasteiger partial charge in [0.05, 0.1) is 24.9 Å². The van der Waals surface area contributed by atoms with Crippen molar-refractivity contribution in [2.24, 2.45) is 5.92 Å². The Bertz CT molecular complexity index is 2190.